The molecule has 2 aromatic rings. The molecule has 1 fully saturated rings. The van der Waals surface area contributed by atoms with Crippen molar-refractivity contribution >= 4 is 11.9 Å². The van der Waals surface area contributed by atoms with E-state index in [-0.39, 0.29) is 11.9 Å². The van der Waals surface area contributed by atoms with E-state index in [0.717, 1.165) is 12.8 Å². The Labute approximate surface area is 156 Å². The number of nitrogens with one attached hydrogen (secondary N) is 2. The largest absolute Gasteiger partial charge is 0.490 e. The number of H-pyrrole nitrogens is 1. The van der Waals surface area contributed by atoms with Crippen LogP contribution in [0.3, 0.4) is 0 Å². The number of carboxylic acid groups (broad SMARTS) is 1. The number of benzene rings is 1. The highest BCUT2D eigenvalue weighted by Gasteiger charge is 2.38. The molecular formula is C17H18F3N3O5. The second-order valence-corrected chi connectivity index (χ2v) is 6.13. The van der Waals surface area contributed by atoms with Gasteiger partial charge in [0, 0.05) is 17.2 Å². The molecule has 1 saturated carbocycles. The first kappa shape index (κ1) is 21.2. The van der Waals surface area contributed by atoms with E-state index in [4.69, 9.17) is 9.90 Å². The molecule has 1 aromatic carbocycles. The molecule has 1 heterocycles. The first-order chi connectivity index (χ1) is 13.2. The van der Waals surface area contributed by atoms with E-state index < -0.39 is 17.9 Å². The molecule has 1 aliphatic rings. The highest BCUT2D eigenvalue weighted by molar-refractivity contribution is 5.94. The van der Waals surface area contributed by atoms with Gasteiger partial charge < -0.3 is 10.4 Å². The second kappa shape index (κ2) is 9.20. The maximum absolute atomic E-state index is 12.2. The summed E-state index contributed by atoms with van der Waals surface area (Å²) in [7, 11) is 0. The van der Waals surface area contributed by atoms with Gasteiger partial charge >= 0.3 is 17.9 Å². The van der Waals surface area contributed by atoms with Crippen molar-refractivity contribution in [1.82, 2.24) is 15.5 Å². The summed E-state index contributed by atoms with van der Waals surface area (Å²) in [6, 6.07) is 7.21. The minimum absolute atomic E-state index is 0.0536. The molecule has 0 radical (unpaired) electrons. The van der Waals surface area contributed by atoms with Crippen LogP contribution in [0, 0.1) is 0 Å². The SMILES string of the molecule is O=C(NC1CCCCC1)c1ccc(-c2noc(=O)[nH]2)cc1.O=C(O)C(F)(F)F. The van der Waals surface area contributed by atoms with Gasteiger partial charge in [-0.3, -0.25) is 14.3 Å². The van der Waals surface area contributed by atoms with Gasteiger partial charge in [0.1, 0.15) is 0 Å². The number of aliphatic carboxylic acids is 1. The van der Waals surface area contributed by atoms with Crippen molar-refractivity contribution in [3.8, 4) is 11.4 Å². The van der Waals surface area contributed by atoms with Crippen molar-refractivity contribution in [2.75, 3.05) is 0 Å². The lowest BCUT2D eigenvalue weighted by Gasteiger charge is -2.22. The number of carboxylic acids is 1. The van der Waals surface area contributed by atoms with Gasteiger partial charge in [0.25, 0.3) is 5.91 Å². The minimum atomic E-state index is -5.08. The fraction of sp³-hybridized carbons (Fsp3) is 0.412. The number of hydrogen-bond acceptors (Lipinski definition) is 5. The molecule has 0 unspecified atom stereocenters. The lowest BCUT2D eigenvalue weighted by molar-refractivity contribution is -0.192. The lowest BCUT2D eigenvalue weighted by atomic mass is 9.95. The quantitative estimate of drug-likeness (QED) is 0.726. The number of alkyl halides is 3. The van der Waals surface area contributed by atoms with Gasteiger partial charge in [-0.2, -0.15) is 13.2 Å². The van der Waals surface area contributed by atoms with Crippen LogP contribution in [0.15, 0.2) is 33.6 Å². The zero-order chi connectivity index (χ0) is 20.7. The van der Waals surface area contributed by atoms with Crippen LogP contribution in [0.4, 0.5) is 13.2 Å². The highest BCUT2D eigenvalue weighted by Crippen LogP contribution is 2.19. The molecule has 1 amide bonds. The van der Waals surface area contributed by atoms with Gasteiger partial charge in [0.15, 0.2) is 5.82 Å². The van der Waals surface area contributed by atoms with Gasteiger partial charge in [0.2, 0.25) is 0 Å². The Morgan fingerprint density at radius 1 is 1.14 bits per heavy atom. The van der Waals surface area contributed by atoms with Crippen molar-refractivity contribution in [2.24, 2.45) is 0 Å². The predicted molar refractivity (Wildman–Crippen MR) is 90.6 cm³/mol. The van der Waals surface area contributed by atoms with Crippen molar-refractivity contribution in [3.63, 3.8) is 0 Å². The Hall–Kier alpha value is -3.11. The number of rotatable bonds is 3. The first-order valence-corrected chi connectivity index (χ1v) is 8.44. The summed E-state index contributed by atoms with van der Waals surface area (Å²) in [5.41, 5.74) is 1.31. The fourth-order valence-electron chi connectivity index (χ4n) is 2.65. The molecule has 1 aromatic heterocycles. The van der Waals surface area contributed by atoms with Gasteiger partial charge in [-0.25, -0.2) is 9.59 Å². The topological polar surface area (TPSA) is 125 Å². The summed E-state index contributed by atoms with van der Waals surface area (Å²) in [5, 5.41) is 13.8. The minimum Gasteiger partial charge on any atom is -0.475 e. The Morgan fingerprint density at radius 3 is 2.18 bits per heavy atom. The van der Waals surface area contributed by atoms with Gasteiger partial charge in [0.05, 0.1) is 0 Å². The average Bonchev–Trinajstić information content (AvgIpc) is 3.09. The standard InChI is InChI=1S/C15H17N3O3.C2HF3O2/c19-14(16-12-4-2-1-3-5-12)11-8-6-10(7-9-11)13-17-15(20)21-18-13;3-2(4,5)1(6)7/h6-9,12H,1-5H2,(H,16,19)(H,17,18,20);(H,6,7). The van der Waals surface area contributed by atoms with Crippen LogP contribution < -0.4 is 11.1 Å². The molecule has 0 saturated heterocycles. The van der Waals surface area contributed by atoms with Gasteiger partial charge in [-0.05, 0) is 25.0 Å². The van der Waals surface area contributed by atoms with Crippen molar-refractivity contribution in [3.05, 3.63) is 40.4 Å². The third-order valence-corrected chi connectivity index (χ3v) is 4.04. The summed E-state index contributed by atoms with van der Waals surface area (Å²) in [5.74, 6) is -3.04. The molecule has 8 nitrogen and oxygen atoms in total. The lowest BCUT2D eigenvalue weighted by Crippen LogP contribution is -2.36. The Bertz CT molecular complexity index is 852. The van der Waals surface area contributed by atoms with E-state index in [1.807, 2.05) is 0 Å². The zero-order valence-corrected chi connectivity index (χ0v) is 14.6. The van der Waals surface area contributed by atoms with Crippen LogP contribution >= 0.6 is 0 Å². The molecule has 0 bridgehead atoms. The number of aromatic nitrogens is 2. The molecule has 0 aliphatic heterocycles. The molecule has 3 rings (SSSR count). The Kier molecular flexibility index (Phi) is 6.96. The number of aromatic amines is 1. The van der Waals surface area contributed by atoms with Crippen LogP contribution in [0.5, 0.6) is 0 Å². The number of carbonyl (C=O) groups excluding carboxylic acids is 1. The molecule has 0 spiro atoms. The summed E-state index contributed by atoms with van der Waals surface area (Å²) < 4.78 is 36.2. The smallest absolute Gasteiger partial charge is 0.475 e. The summed E-state index contributed by atoms with van der Waals surface area (Å²) >= 11 is 0. The van der Waals surface area contributed by atoms with Crippen molar-refractivity contribution in [1.29, 1.82) is 0 Å². The summed E-state index contributed by atoms with van der Waals surface area (Å²) in [6.45, 7) is 0. The monoisotopic (exact) mass is 401 g/mol. The number of halogens is 3. The molecule has 0 atom stereocenters. The molecule has 3 N–H and O–H groups in total. The van der Waals surface area contributed by atoms with E-state index in [0.29, 0.717) is 17.0 Å². The van der Waals surface area contributed by atoms with Crippen LogP contribution in [0.2, 0.25) is 0 Å². The number of carbonyl (C=O) groups is 2. The van der Waals surface area contributed by atoms with Crippen LogP contribution in [0.1, 0.15) is 42.5 Å². The highest BCUT2D eigenvalue weighted by atomic mass is 19.4. The molecule has 28 heavy (non-hydrogen) atoms. The zero-order valence-electron chi connectivity index (χ0n) is 14.6. The van der Waals surface area contributed by atoms with Crippen LogP contribution in [-0.2, 0) is 4.79 Å². The third-order valence-electron chi connectivity index (χ3n) is 4.04. The van der Waals surface area contributed by atoms with E-state index in [2.05, 4.69) is 20.0 Å². The van der Waals surface area contributed by atoms with Gasteiger partial charge in [-0.1, -0.05) is 36.6 Å². The van der Waals surface area contributed by atoms with E-state index in [1.165, 1.54) is 19.3 Å². The fourth-order valence-corrected chi connectivity index (χ4v) is 2.65. The van der Waals surface area contributed by atoms with E-state index in [1.54, 1.807) is 24.3 Å². The molecular weight excluding hydrogens is 383 g/mol. The summed E-state index contributed by atoms with van der Waals surface area (Å²) in [4.78, 5) is 34.4. The van der Waals surface area contributed by atoms with Crippen LogP contribution in [0.25, 0.3) is 11.4 Å². The number of nitrogens with zero attached hydrogens (tertiary/aromatic N) is 1. The predicted octanol–water partition coefficient (Wildman–Crippen LogP) is 2.73. The Balaban J connectivity index is 0.000000345. The maximum Gasteiger partial charge on any atom is 0.490 e. The van der Waals surface area contributed by atoms with Crippen molar-refractivity contribution in [2.45, 2.75) is 44.3 Å². The molecule has 1 aliphatic carbocycles. The van der Waals surface area contributed by atoms with E-state index in [9.17, 15) is 22.8 Å². The van der Waals surface area contributed by atoms with Crippen molar-refractivity contribution < 1.29 is 32.4 Å². The number of hydrogen-bond donors (Lipinski definition) is 3. The van der Waals surface area contributed by atoms with Gasteiger partial charge in [-0.15, -0.1) is 0 Å². The van der Waals surface area contributed by atoms with Crippen LogP contribution in [-0.4, -0.2) is 39.3 Å². The molecule has 152 valence electrons. The maximum atomic E-state index is 12.2. The molecule has 11 heteroatoms. The Morgan fingerprint density at radius 2 is 1.71 bits per heavy atom. The first-order valence-electron chi connectivity index (χ1n) is 8.44. The third kappa shape index (κ3) is 6.25. The normalized spacial score (nSPS) is 14.7. The van der Waals surface area contributed by atoms with E-state index >= 15 is 0 Å². The average molecular weight is 401 g/mol. The summed E-state index contributed by atoms with van der Waals surface area (Å²) in [6.07, 6.45) is 0.664. The second-order valence-electron chi connectivity index (χ2n) is 6.13. The number of amides is 1.